The lowest BCUT2D eigenvalue weighted by Crippen LogP contribution is -2.36. The number of carbonyl (C=O) groups excluding carboxylic acids is 1. The van der Waals surface area contributed by atoms with Gasteiger partial charge < -0.3 is 9.64 Å². The van der Waals surface area contributed by atoms with Crippen LogP contribution in [-0.2, 0) is 14.5 Å². The van der Waals surface area contributed by atoms with Crippen LogP contribution in [0.25, 0.3) is 0 Å². The number of rotatable bonds is 1. The molecule has 0 unspecified atom stereocenters. The maximum Gasteiger partial charge on any atom is 0.410 e. The first-order chi connectivity index (χ1) is 7.09. The van der Waals surface area contributed by atoms with Gasteiger partial charge in [0, 0.05) is 29.1 Å². The van der Waals surface area contributed by atoms with Gasteiger partial charge in [-0.2, -0.15) is 0 Å². The molecule has 0 spiro atoms. The van der Waals surface area contributed by atoms with E-state index in [0.717, 1.165) is 0 Å². The minimum absolute atomic E-state index is 0.222. The summed E-state index contributed by atoms with van der Waals surface area (Å²) in [5, 5.41) is -0.222. The molecule has 1 rings (SSSR count). The minimum atomic E-state index is -2.56. The molecule has 1 aliphatic rings. The Morgan fingerprint density at radius 3 is 2.44 bits per heavy atom. The van der Waals surface area contributed by atoms with E-state index in [1.54, 1.807) is 0 Å². The second-order valence-corrected chi connectivity index (χ2v) is 7.72. The fraction of sp³-hybridized carbons (Fsp3) is 0.900. The number of amides is 1. The summed E-state index contributed by atoms with van der Waals surface area (Å²) in [5.74, 6) is 0. The maximum atomic E-state index is 11.7. The van der Waals surface area contributed by atoms with E-state index < -0.39 is 15.3 Å². The van der Waals surface area contributed by atoms with Crippen LogP contribution in [0.3, 0.4) is 0 Å². The molecule has 1 aliphatic heterocycles. The first kappa shape index (κ1) is 13.3. The zero-order valence-electron chi connectivity index (χ0n) is 10.3. The van der Waals surface area contributed by atoms with E-state index in [0.29, 0.717) is 19.5 Å². The average Bonchev–Trinajstić information content (AvgIpc) is 2.46. The quantitative estimate of drug-likeness (QED) is 0.767. The Balaban J connectivity index is 2.57. The molecule has 16 heavy (non-hydrogen) atoms. The van der Waals surface area contributed by atoms with Crippen molar-refractivity contribution in [2.45, 2.75) is 38.0 Å². The SMILES string of the molecule is CC(C)(C)OC(=O)N1CC[C@H]([S@](C)(=N)=O)C1. The van der Waals surface area contributed by atoms with Crippen molar-refractivity contribution in [3.63, 3.8) is 0 Å². The molecule has 0 bridgehead atoms. The standard InChI is InChI=1S/C10H20N2O3S/c1-10(2,3)15-9(13)12-6-5-8(7-12)16(4,11)14/h8,11H,5-7H2,1-4H3/t8-,16+/m0/s1. The predicted octanol–water partition coefficient (Wildman–Crippen LogP) is 1.67. The lowest BCUT2D eigenvalue weighted by Gasteiger charge is -2.24. The van der Waals surface area contributed by atoms with Crippen LogP contribution in [0.2, 0.25) is 0 Å². The van der Waals surface area contributed by atoms with Gasteiger partial charge in [0.2, 0.25) is 0 Å². The highest BCUT2D eigenvalue weighted by Crippen LogP contribution is 2.19. The minimum Gasteiger partial charge on any atom is -0.444 e. The molecule has 0 aromatic carbocycles. The molecule has 0 radical (unpaired) electrons. The third-order valence-electron chi connectivity index (χ3n) is 2.43. The Morgan fingerprint density at radius 1 is 1.50 bits per heavy atom. The number of hydrogen-bond acceptors (Lipinski definition) is 4. The van der Waals surface area contributed by atoms with Gasteiger partial charge in [0.25, 0.3) is 0 Å². The van der Waals surface area contributed by atoms with E-state index in [2.05, 4.69) is 0 Å². The van der Waals surface area contributed by atoms with Crippen molar-refractivity contribution in [2.24, 2.45) is 0 Å². The van der Waals surface area contributed by atoms with E-state index in [-0.39, 0.29) is 11.3 Å². The van der Waals surface area contributed by atoms with Crippen LogP contribution in [0.5, 0.6) is 0 Å². The number of hydrogen-bond donors (Lipinski definition) is 1. The van der Waals surface area contributed by atoms with Crippen LogP contribution in [-0.4, -0.2) is 45.4 Å². The third-order valence-corrected chi connectivity index (χ3v) is 4.09. The summed E-state index contributed by atoms with van der Waals surface area (Å²) >= 11 is 0. The molecule has 1 amide bonds. The largest absolute Gasteiger partial charge is 0.444 e. The van der Waals surface area contributed by atoms with Gasteiger partial charge in [-0.1, -0.05) is 0 Å². The van der Waals surface area contributed by atoms with Crippen LogP contribution in [0.4, 0.5) is 4.79 Å². The number of nitrogens with zero attached hydrogens (tertiary/aromatic N) is 1. The van der Waals surface area contributed by atoms with Gasteiger partial charge in [0.05, 0.1) is 5.25 Å². The van der Waals surface area contributed by atoms with Crippen molar-refractivity contribution >= 4 is 15.8 Å². The highest BCUT2D eigenvalue weighted by Gasteiger charge is 2.33. The second-order valence-electron chi connectivity index (χ2n) is 5.24. The lowest BCUT2D eigenvalue weighted by atomic mass is 10.2. The van der Waals surface area contributed by atoms with Crippen molar-refractivity contribution in [1.29, 1.82) is 4.78 Å². The van der Waals surface area contributed by atoms with E-state index in [9.17, 15) is 9.00 Å². The van der Waals surface area contributed by atoms with Crippen LogP contribution in [0.1, 0.15) is 27.2 Å². The number of ether oxygens (including phenoxy) is 1. The monoisotopic (exact) mass is 248 g/mol. The Bertz CT molecular complexity index is 370. The van der Waals surface area contributed by atoms with Crippen LogP contribution in [0, 0.1) is 4.78 Å². The highest BCUT2D eigenvalue weighted by molar-refractivity contribution is 7.92. The summed E-state index contributed by atoms with van der Waals surface area (Å²) in [4.78, 5) is 13.2. The van der Waals surface area contributed by atoms with Gasteiger partial charge in [-0.25, -0.2) is 9.00 Å². The van der Waals surface area contributed by atoms with Gasteiger partial charge >= 0.3 is 6.09 Å². The molecule has 1 fully saturated rings. The first-order valence-electron chi connectivity index (χ1n) is 5.30. The molecular formula is C10H20N2O3S. The Morgan fingerprint density at radius 2 is 2.06 bits per heavy atom. The molecule has 1 saturated heterocycles. The van der Waals surface area contributed by atoms with E-state index in [4.69, 9.17) is 9.52 Å². The van der Waals surface area contributed by atoms with Crippen LogP contribution < -0.4 is 0 Å². The topological polar surface area (TPSA) is 70.5 Å². The smallest absolute Gasteiger partial charge is 0.410 e. The molecular weight excluding hydrogens is 228 g/mol. The lowest BCUT2D eigenvalue weighted by molar-refractivity contribution is 0.0295. The molecule has 0 aliphatic carbocycles. The maximum absolute atomic E-state index is 11.7. The number of carbonyl (C=O) groups is 1. The first-order valence-corrected chi connectivity index (χ1v) is 7.33. The van der Waals surface area contributed by atoms with Gasteiger partial charge in [0.15, 0.2) is 0 Å². The average molecular weight is 248 g/mol. The Labute approximate surface area is 97.1 Å². The van der Waals surface area contributed by atoms with Crippen molar-refractivity contribution in [3.05, 3.63) is 0 Å². The van der Waals surface area contributed by atoms with E-state index in [1.807, 2.05) is 20.8 Å². The fourth-order valence-corrected chi connectivity index (χ4v) is 2.61. The molecule has 1 N–H and O–H groups in total. The van der Waals surface area contributed by atoms with Crippen LogP contribution >= 0.6 is 0 Å². The van der Waals surface area contributed by atoms with Gasteiger partial charge in [-0.3, -0.25) is 4.78 Å². The van der Waals surface area contributed by atoms with Crippen molar-refractivity contribution in [1.82, 2.24) is 4.90 Å². The second kappa shape index (κ2) is 4.24. The Hall–Kier alpha value is -0.780. The molecule has 5 nitrogen and oxygen atoms in total. The molecule has 1 heterocycles. The summed E-state index contributed by atoms with van der Waals surface area (Å²) in [6.45, 7) is 6.33. The third kappa shape index (κ3) is 3.66. The zero-order valence-corrected chi connectivity index (χ0v) is 11.1. The van der Waals surface area contributed by atoms with Crippen molar-refractivity contribution < 1.29 is 13.7 Å². The van der Waals surface area contributed by atoms with Gasteiger partial charge in [0.1, 0.15) is 5.60 Å². The molecule has 6 heteroatoms. The van der Waals surface area contributed by atoms with E-state index in [1.165, 1.54) is 11.2 Å². The molecule has 0 aromatic rings. The molecule has 0 saturated carbocycles. The summed E-state index contributed by atoms with van der Waals surface area (Å²) < 4.78 is 24.2. The molecule has 2 atom stereocenters. The van der Waals surface area contributed by atoms with Crippen molar-refractivity contribution in [3.8, 4) is 0 Å². The highest BCUT2D eigenvalue weighted by atomic mass is 32.2. The number of nitrogens with one attached hydrogen (secondary N) is 1. The number of likely N-dealkylation sites (tertiary alicyclic amines) is 1. The fourth-order valence-electron chi connectivity index (χ4n) is 1.59. The Kier molecular flexibility index (Phi) is 3.52. The van der Waals surface area contributed by atoms with Crippen molar-refractivity contribution in [2.75, 3.05) is 19.3 Å². The van der Waals surface area contributed by atoms with Gasteiger partial charge in [-0.05, 0) is 27.2 Å². The normalized spacial score (nSPS) is 25.2. The van der Waals surface area contributed by atoms with Crippen LogP contribution in [0.15, 0.2) is 0 Å². The van der Waals surface area contributed by atoms with E-state index >= 15 is 0 Å². The molecule has 0 aromatic heterocycles. The summed E-state index contributed by atoms with van der Waals surface area (Å²) in [6.07, 6.45) is 1.67. The summed E-state index contributed by atoms with van der Waals surface area (Å²) in [5.41, 5.74) is -0.510. The van der Waals surface area contributed by atoms with Gasteiger partial charge in [-0.15, -0.1) is 0 Å². The summed E-state index contributed by atoms with van der Waals surface area (Å²) in [6, 6.07) is 0. The zero-order chi connectivity index (χ0) is 12.6. The predicted molar refractivity (Wildman–Crippen MR) is 63.0 cm³/mol. The summed E-state index contributed by atoms with van der Waals surface area (Å²) in [7, 11) is -2.56. The molecule has 94 valence electrons.